The number of rotatable bonds is 4. The van der Waals surface area contributed by atoms with Gasteiger partial charge in [0.15, 0.2) is 0 Å². The van der Waals surface area contributed by atoms with Gasteiger partial charge in [-0.25, -0.2) is 0 Å². The van der Waals surface area contributed by atoms with Crippen LogP contribution in [0, 0.1) is 5.92 Å². The van der Waals surface area contributed by atoms with Crippen molar-refractivity contribution < 1.29 is 14.6 Å². The van der Waals surface area contributed by atoms with Crippen LogP contribution in [-0.2, 0) is 9.53 Å². The third-order valence-electron chi connectivity index (χ3n) is 3.21. The van der Waals surface area contributed by atoms with Crippen molar-refractivity contribution in [1.82, 2.24) is 5.32 Å². The fraction of sp³-hybridized carbons (Fsp3) is 0.909. The first-order chi connectivity index (χ1) is 7.18. The molecule has 2 aliphatic rings. The fourth-order valence-electron chi connectivity index (χ4n) is 1.85. The second kappa shape index (κ2) is 4.49. The van der Waals surface area contributed by atoms with E-state index in [1.807, 2.05) is 0 Å². The summed E-state index contributed by atoms with van der Waals surface area (Å²) in [6, 6.07) is 0. The molecular weight excluding hydrogens is 194 g/mol. The van der Waals surface area contributed by atoms with Crippen molar-refractivity contribution in [2.75, 3.05) is 19.8 Å². The number of nitrogens with one attached hydrogen (secondary N) is 1. The Balaban J connectivity index is 1.68. The number of carbonyl (C=O) groups is 1. The second-order valence-electron chi connectivity index (χ2n) is 4.76. The Labute approximate surface area is 90.0 Å². The predicted octanol–water partition coefficient (Wildman–Crippen LogP) is 0.444. The molecule has 2 rings (SSSR count). The molecule has 1 saturated carbocycles. The van der Waals surface area contributed by atoms with Crippen LogP contribution in [0.5, 0.6) is 0 Å². The molecule has 0 unspecified atom stereocenters. The van der Waals surface area contributed by atoms with Crippen molar-refractivity contribution in [1.29, 1.82) is 0 Å². The van der Waals surface area contributed by atoms with Gasteiger partial charge in [0.05, 0.1) is 5.60 Å². The normalized spacial score (nSPS) is 24.9. The van der Waals surface area contributed by atoms with Crippen LogP contribution < -0.4 is 5.32 Å². The lowest BCUT2D eigenvalue weighted by molar-refractivity contribution is -0.124. The summed E-state index contributed by atoms with van der Waals surface area (Å²) in [7, 11) is 0. The van der Waals surface area contributed by atoms with Crippen molar-refractivity contribution in [2.24, 2.45) is 5.92 Å². The number of amides is 1. The van der Waals surface area contributed by atoms with E-state index in [-0.39, 0.29) is 5.91 Å². The van der Waals surface area contributed by atoms with E-state index in [2.05, 4.69) is 5.32 Å². The van der Waals surface area contributed by atoms with Crippen molar-refractivity contribution in [3.63, 3.8) is 0 Å². The highest BCUT2D eigenvalue weighted by molar-refractivity contribution is 5.76. The molecule has 0 bridgehead atoms. The molecule has 1 aliphatic heterocycles. The first-order valence-electron chi connectivity index (χ1n) is 5.75. The Morgan fingerprint density at radius 1 is 1.40 bits per heavy atom. The first-order valence-corrected chi connectivity index (χ1v) is 5.75. The topological polar surface area (TPSA) is 58.6 Å². The summed E-state index contributed by atoms with van der Waals surface area (Å²) in [4.78, 5) is 11.4. The fourth-order valence-corrected chi connectivity index (χ4v) is 1.85. The molecule has 1 saturated heterocycles. The lowest BCUT2D eigenvalue weighted by Gasteiger charge is -2.32. The summed E-state index contributed by atoms with van der Waals surface area (Å²) >= 11 is 0. The standard InChI is InChI=1S/C11H19NO3/c13-10(7-9-1-2-9)12-8-11(14)3-5-15-6-4-11/h9,14H,1-8H2,(H,12,13). The molecule has 0 spiro atoms. The Morgan fingerprint density at radius 3 is 2.67 bits per heavy atom. The van der Waals surface area contributed by atoms with E-state index < -0.39 is 5.60 Å². The van der Waals surface area contributed by atoms with E-state index in [0.717, 1.165) is 0 Å². The first kappa shape index (κ1) is 10.9. The monoisotopic (exact) mass is 213 g/mol. The van der Waals surface area contributed by atoms with E-state index in [1.54, 1.807) is 0 Å². The minimum Gasteiger partial charge on any atom is -0.388 e. The smallest absolute Gasteiger partial charge is 0.220 e. The maximum atomic E-state index is 11.4. The average molecular weight is 213 g/mol. The zero-order valence-corrected chi connectivity index (χ0v) is 9.00. The molecule has 15 heavy (non-hydrogen) atoms. The van der Waals surface area contributed by atoms with Gasteiger partial charge >= 0.3 is 0 Å². The Morgan fingerprint density at radius 2 is 2.07 bits per heavy atom. The second-order valence-corrected chi connectivity index (χ2v) is 4.76. The molecule has 0 atom stereocenters. The largest absolute Gasteiger partial charge is 0.388 e. The summed E-state index contributed by atoms with van der Waals surface area (Å²) in [6.45, 7) is 1.56. The molecule has 0 radical (unpaired) electrons. The number of hydrogen-bond acceptors (Lipinski definition) is 3. The van der Waals surface area contributed by atoms with Crippen LogP contribution in [0.25, 0.3) is 0 Å². The molecule has 4 nitrogen and oxygen atoms in total. The van der Waals surface area contributed by atoms with Gasteiger partial charge in [-0.15, -0.1) is 0 Å². The lowest BCUT2D eigenvalue weighted by atomic mass is 9.94. The highest BCUT2D eigenvalue weighted by Crippen LogP contribution is 2.32. The van der Waals surface area contributed by atoms with Gasteiger partial charge in [0.2, 0.25) is 5.91 Å². The summed E-state index contributed by atoms with van der Waals surface area (Å²) in [5, 5.41) is 12.9. The third-order valence-corrected chi connectivity index (χ3v) is 3.21. The molecule has 86 valence electrons. The zero-order valence-electron chi connectivity index (χ0n) is 9.00. The molecule has 4 heteroatoms. The maximum absolute atomic E-state index is 11.4. The zero-order chi connectivity index (χ0) is 10.7. The molecule has 2 fully saturated rings. The molecular formula is C11H19NO3. The van der Waals surface area contributed by atoms with Gasteiger partial charge < -0.3 is 15.2 Å². The van der Waals surface area contributed by atoms with Gasteiger partial charge in [-0.05, 0) is 18.8 Å². The summed E-state index contributed by atoms with van der Waals surface area (Å²) < 4.78 is 5.17. The predicted molar refractivity (Wildman–Crippen MR) is 55.4 cm³/mol. The van der Waals surface area contributed by atoms with Gasteiger partial charge in [0.1, 0.15) is 0 Å². The summed E-state index contributed by atoms with van der Waals surface area (Å²) in [5.74, 6) is 0.687. The molecule has 1 heterocycles. The molecule has 1 amide bonds. The van der Waals surface area contributed by atoms with E-state index >= 15 is 0 Å². The van der Waals surface area contributed by atoms with Gasteiger partial charge in [-0.3, -0.25) is 4.79 Å². The highest BCUT2D eigenvalue weighted by atomic mass is 16.5. The van der Waals surface area contributed by atoms with Crippen LogP contribution in [0.4, 0.5) is 0 Å². The van der Waals surface area contributed by atoms with Crippen molar-refractivity contribution in [2.45, 2.75) is 37.7 Å². The van der Waals surface area contributed by atoms with E-state index in [4.69, 9.17) is 4.74 Å². The molecule has 0 aromatic carbocycles. The molecule has 0 aromatic heterocycles. The number of ether oxygens (including phenoxy) is 1. The van der Waals surface area contributed by atoms with Gasteiger partial charge in [-0.2, -0.15) is 0 Å². The van der Waals surface area contributed by atoms with Crippen LogP contribution in [0.1, 0.15) is 32.1 Å². The van der Waals surface area contributed by atoms with Crippen molar-refractivity contribution >= 4 is 5.91 Å². The van der Waals surface area contributed by atoms with Gasteiger partial charge in [0, 0.05) is 39.0 Å². The molecule has 0 aromatic rings. The number of hydrogen-bond donors (Lipinski definition) is 2. The van der Waals surface area contributed by atoms with Crippen molar-refractivity contribution in [3.8, 4) is 0 Å². The Hall–Kier alpha value is -0.610. The minimum absolute atomic E-state index is 0.0809. The Bertz CT molecular complexity index is 232. The van der Waals surface area contributed by atoms with E-state index in [0.29, 0.717) is 44.9 Å². The van der Waals surface area contributed by atoms with Crippen LogP contribution in [0.3, 0.4) is 0 Å². The molecule has 1 aliphatic carbocycles. The van der Waals surface area contributed by atoms with Crippen molar-refractivity contribution in [3.05, 3.63) is 0 Å². The minimum atomic E-state index is -0.739. The quantitative estimate of drug-likeness (QED) is 0.712. The van der Waals surface area contributed by atoms with E-state index in [9.17, 15) is 9.90 Å². The highest BCUT2D eigenvalue weighted by Gasteiger charge is 2.31. The SMILES string of the molecule is O=C(CC1CC1)NCC1(O)CCOCC1. The lowest BCUT2D eigenvalue weighted by Crippen LogP contribution is -2.46. The number of carbonyl (C=O) groups excluding carboxylic acids is 1. The third kappa shape index (κ3) is 3.47. The number of aliphatic hydroxyl groups is 1. The van der Waals surface area contributed by atoms with Crippen LogP contribution in [0.15, 0.2) is 0 Å². The van der Waals surface area contributed by atoms with Crippen LogP contribution in [0.2, 0.25) is 0 Å². The van der Waals surface area contributed by atoms with Gasteiger partial charge in [0.25, 0.3) is 0 Å². The molecule has 2 N–H and O–H groups in total. The Kier molecular flexibility index (Phi) is 3.26. The summed E-state index contributed by atoms with van der Waals surface area (Å²) in [5.41, 5.74) is -0.739. The van der Waals surface area contributed by atoms with Crippen LogP contribution >= 0.6 is 0 Å². The van der Waals surface area contributed by atoms with Gasteiger partial charge in [-0.1, -0.05) is 0 Å². The summed E-state index contributed by atoms with van der Waals surface area (Å²) in [6.07, 6.45) is 4.25. The van der Waals surface area contributed by atoms with Crippen LogP contribution in [-0.4, -0.2) is 36.4 Å². The van der Waals surface area contributed by atoms with E-state index in [1.165, 1.54) is 12.8 Å². The average Bonchev–Trinajstić information content (AvgIpc) is 3.00. The maximum Gasteiger partial charge on any atom is 0.220 e.